The van der Waals surface area contributed by atoms with Crippen LogP contribution in [0.25, 0.3) is 55.0 Å². The first-order chi connectivity index (χ1) is 19.3. The number of nitrogens with zero attached hydrogens (tertiary/aromatic N) is 1. The Morgan fingerprint density at radius 2 is 0.974 bits per heavy atom. The van der Waals surface area contributed by atoms with E-state index in [1.807, 2.05) is 24.3 Å². The van der Waals surface area contributed by atoms with Gasteiger partial charge < -0.3 is 13.7 Å². The van der Waals surface area contributed by atoms with Crippen molar-refractivity contribution in [3.63, 3.8) is 0 Å². The van der Waals surface area contributed by atoms with Gasteiger partial charge in [0.1, 0.15) is 22.3 Å². The molecule has 0 atom stereocenters. The van der Waals surface area contributed by atoms with Gasteiger partial charge >= 0.3 is 0 Å². The molecule has 0 radical (unpaired) electrons. The summed E-state index contributed by atoms with van der Waals surface area (Å²) < 4.78 is 12.8. The summed E-state index contributed by atoms with van der Waals surface area (Å²) in [5.74, 6) is 0. The molecule has 0 spiro atoms. The first-order valence-corrected chi connectivity index (χ1v) is 13.1. The van der Waals surface area contributed by atoms with Crippen LogP contribution in [0.2, 0.25) is 0 Å². The quantitative estimate of drug-likeness (QED) is 0.240. The Kier molecular flexibility index (Phi) is 4.82. The molecule has 0 amide bonds. The summed E-state index contributed by atoms with van der Waals surface area (Å²) in [5, 5.41) is 4.28. The van der Waals surface area contributed by atoms with Gasteiger partial charge in [-0.3, -0.25) is 0 Å². The van der Waals surface area contributed by atoms with E-state index in [0.29, 0.717) is 0 Å². The lowest BCUT2D eigenvalue weighted by Gasteiger charge is -2.25. The molecule has 6 aromatic carbocycles. The van der Waals surface area contributed by atoms with Gasteiger partial charge in [0.2, 0.25) is 0 Å². The van der Waals surface area contributed by atoms with E-state index in [1.165, 1.54) is 5.56 Å². The average Bonchev–Trinajstić information content (AvgIpc) is 3.54. The van der Waals surface area contributed by atoms with Crippen LogP contribution in [0.1, 0.15) is 0 Å². The van der Waals surface area contributed by atoms with Crippen LogP contribution in [-0.4, -0.2) is 0 Å². The van der Waals surface area contributed by atoms with E-state index in [2.05, 4.69) is 120 Å². The van der Waals surface area contributed by atoms with Crippen LogP contribution in [0.15, 0.2) is 148 Å². The van der Waals surface area contributed by atoms with Crippen molar-refractivity contribution in [1.82, 2.24) is 0 Å². The van der Waals surface area contributed by atoms with Crippen molar-refractivity contribution in [2.45, 2.75) is 0 Å². The molecule has 0 saturated heterocycles. The third kappa shape index (κ3) is 3.52. The third-order valence-corrected chi connectivity index (χ3v) is 7.44. The second-order valence-corrected chi connectivity index (χ2v) is 9.78. The first-order valence-electron chi connectivity index (χ1n) is 13.1. The average molecular weight is 502 g/mol. The maximum atomic E-state index is 6.41. The van der Waals surface area contributed by atoms with Gasteiger partial charge in [-0.2, -0.15) is 0 Å². The van der Waals surface area contributed by atoms with Crippen LogP contribution in [0, 0.1) is 0 Å². The number of para-hydroxylation sites is 2. The van der Waals surface area contributed by atoms with Gasteiger partial charge in [-0.1, -0.05) is 78.9 Å². The molecule has 2 aromatic heterocycles. The molecule has 8 rings (SSSR count). The minimum atomic E-state index is 0.853. The van der Waals surface area contributed by atoms with Gasteiger partial charge in [0.25, 0.3) is 0 Å². The molecular formula is C36H23NO2. The van der Waals surface area contributed by atoms with E-state index < -0.39 is 0 Å². The molecule has 0 saturated carbocycles. The molecule has 0 bridgehead atoms. The summed E-state index contributed by atoms with van der Waals surface area (Å²) in [6, 6.07) is 48.3. The SMILES string of the molecule is c1ccc(-c2cccc3oc4cc5c(cc4c23)oc2ccc(N(c3ccccc3)c3ccccc3)cc25)cc1. The molecular weight excluding hydrogens is 478 g/mol. The molecule has 39 heavy (non-hydrogen) atoms. The Bertz CT molecular complexity index is 2070. The van der Waals surface area contributed by atoms with Crippen LogP contribution < -0.4 is 4.90 Å². The lowest BCUT2D eigenvalue weighted by atomic mass is 9.99. The van der Waals surface area contributed by atoms with Gasteiger partial charge in [0.15, 0.2) is 0 Å². The van der Waals surface area contributed by atoms with Crippen LogP contribution in [0.5, 0.6) is 0 Å². The Hall–Kier alpha value is -5.28. The summed E-state index contributed by atoms with van der Waals surface area (Å²) in [6.07, 6.45) is 0. The predicted molar refractivity (Wildman–Crippen MR) is 161 cm³/mol. The fourth-order valence-electron chi connectivity index (χ4n) is 5.68. The van der Waals surface area contributed by atoms with E-state index in [-0.39, 0.29) is 0 Å². The molecule has 0 aliphatic carbocycles. The molecule has 184 valence electrons. The lowest BCUT2D eigenvalue weighted by Crippen LogP contribution is -2.09. The Labute approximate surface area is 225 Å². The number of anilines is 3. The van der Waals surface area contributed by atoms with Crippen molar-refractivity contribution in [2.24, 2.45) is 0 Å². The van der Waals surface area contributed by atoms with Crippen LogP contribution in [0.4, 0.5) is 17.1 Å². The molecule has 0 N–H and O–H groups in total. The van der Waals surface area contributed by atoms with Gasteiger partial charge in [-0.25, -0.2) is 0 Å². The second kappa shape index (κ2) is 8.64. The zero-order valence-corrected chi connectivity index (χ0v) is 21.0. The highest BCUT2D eigenvalue weighted by molar-refractivity contribution is 6.18. The topological polar surface area (TPSA) is 29.5 Å². The number of fused-ring (bicyclic) bond motifs is 6. The second-order valence-electron chi connectivity index (χ2n) is 9.78. The van der Waals surface area contributed by atoms with E-state index in [1.54, 1.807) is 0 Å². The highest BCUT2D eigenvalue weighted by Gasteiger charge is 2.18. The van der Waals surface area contributed by atoms with E-state index in [9.17, 15) is 0 Å². The van der Waals surface area contributed by atoms with Crippen molar-refractivity contribution in [3.8, 4) is 11.1 Å². The molecule has 0 unspecified atom stereocenters. The number of benzene rings is 6. The van der Waals surface area contributed by atoms with E-state index >= 15 is 0 Å². The van der Waals surface area contributed by atoms with Crippen molar-refractivity contribution in [3.05, 3.63) is 140 Å². The number of hydrogen-bond donors (Lipinski definition) is 0. The monoisotopic (exact) mass is 501 g/mol. The number of furan rings is 2. The van der Waals surface area contributed by atoms with E-state index in [0.717, 1.165) is 66.5 Å². The standard InChI is InChI=1S/C36H23NO2/c1-4-11-24(12-5-1)28-17-10-18-33-36(28)31-23-34-30(22-35(31)39-33)29-21-27(19-20-32(29)38-34)37(25-13-6-2-7-14-25)26-15-8-3-9-16-26/h1-23H. The van der Waals surface area contributed by atoms with Crippen molar-refractivity contribution >= 4 is 60.9 Å². The first kappa shape index (κ1) is 21.8. The minimum absolute atomic E-state index is 0.853. The Balaban J connectivity index is 1.35. The van der Waals surface area contributed by atoms with Crippen molar-refractivity contribution in [1.29, 1.82) is 0 Å². The fourth-order valence-corrected chi connectivity index (χ4v) is 5.68. The van der Waals surface area contributed by atoms with Crippen LogP contribution in [-0.2, 0) is 0 Å². The molecule has 0 fully saturated rings. The molecule has 3 nitrogen and oxygen atoms in total. The number of rotatable bonds is 4. The summed E-state index contributed by atoms with van der Waals surface area (Å²) in [6.45, 7) is 0. The number of hydrogen-bond acceptors (Lipinski definition) is 3. The zero-order chi connectivity index (χ0) is 25.8. The summed E-state index contributed by atoms with van der Waals surface area (Å²) >= 11 is 0. The molecule has 3 heteroatoms. The maximum Gasteiger partial charge on any atom is 0.136 e. The van der Waals surface area contributed by atoms with E-state index in [4.69, 9.17) is 8.83 Å². The highest BCUT2D eigenvalue weighted by Crippen LogP contribution is 2.42. The molecule has 8 aromatic rings. The van der Waals surface area contributed by atoms with Crippen molar-refractivity contribution < 1.29 is 8.83 Å². The van der Waals surface area contributed by atoms with Gasteiger partial charge in [0.05, 0.1) is 0 Å². The molecule has 0 aliphatic rings. The zero-order valence-electron chi connectivity index (χ0n) is 21.0. The van der Waals surface area contributed by atoms with Gasteiger partial charge in [-0.15, -0.1) is 0 Å². The van der Waals surface area contributed by atoms with Gasteiger partial charge in [0, 0.05) is 38.6 Å². The van der Waals surface area contributed by atoms with Crippen LogP contribution >= 0.6 is 0 Å². The largest absolute Gasteiger partial charge is 0.456 e. The summed E-state index contributed by atoms with van der Waals surface area (Å²) in [7, 11) is 0. The normalized spacial score (nSPS) is 11.6. The van der Waals surface area contributed by atoms with Crippen LogP contribution in [0.3, 0.4) is 0 Å². The Morgan fingerprint density at radius 3 is 1.69 bits per heavy atom. The smallest absolute Gasteiger partial charge is 0.136 e. The molecule has 2 heterocycles. The molecule has 0 aliphatic heterocycles. The lowest BCUT2D eigenvalue weighted by molar-refractivity contribution is 0.664. The summed E-state index contributed by atoms with van der Waals surface area (Å²) in [4.78, 5) is 2.27. The third-order valence-electron chi connectivity index (χ3n) is 7.44. The van der Waals surface area contributed by atoms with Crippen molar-refractivity contribution in [2.75, 3.05) is 4.90 Å². The maximum absolute atomic E-state index is 6.41. The summed E-state index contributed by atoms with van der Waals surface area (Å²) in [5.41, 5.74) is 9.04. The Morgan fingerprint density at radius 1 is 0.385 bits per heavy atom. The fraction of sp³-hybridized carbons (Fsp3) is 0. The van der Waals surface area contributed by atoms with Gasteiger partial charge in [-0.05, 0) is 71.8 Å². The highest BCUT2D eigenvalue weighted by atomic mass is 16.3. The minimum Gasteiger partial charge on any atom is -0.456 e. The predicted octanol–water partition coefficient (Wildman–Crippen LogP) is 10.6.